The third-order valence-corrected chi connectivity index (χ3v) is 2.90. The summed E-state index contributed by atoms with van der Waals surface area (Å²) in [6.07, 6.45) is 0. The number of rotatable bonds is 4. The molecular formula is C14H21NO2. The van der Waals surface area contributed by atoms with Gasteiger partial charge >= 0.3 is 5.97 Å². The van der Waals surface area contributed by atoms with E-state index in [0.717, 1.165) is 6.54 Å². The Labute approximate surface area is 103 Å². The van der Waals surface area contributed by atoms with Crippen LogP contribution >= 0.6 is 0 Å². The van der Waals surface area contributed by atoms with Crippen molar-refractivity contribution in [2.24, 2.45) is 0 Å². The molecule has 1 aromatic carbocycles. The number of ether oxygens (including phenoxy) is 1. The number of likely N-dealkylation sites (N-methyl/N-ethyl adjacent to an activating group) is 1. The molecule has 1 rings (SSSR count). The molecule has 0 amide bonds. The Bertz CT molecular complexity index is 390. The van der Waals surface area contributed by atoms with Crippen molar-refractivity contribution in [2.75, 3.05) is 20.7 Å². The highest BCUT2D eigenvalue weighted by Gasteiger charge is 2.10. The second-order valence-electron chi connectivity index (χ2n) is 4.63. The van der Waals surface area contributed by atoms with Crippen molar-refractivity contribution in [3.63, 3.8) is 0 Å². The number of carbonyl (C=O) groups excluding carboxylic acids is 1. The lowest BCUT2D eigenvalue weighted by atomic mass is 9.99. The molecule has 0 aliphatic rings. The lowest BCUT2D eigenvalue weighted by molar-refractivity contribution is -0.141. The largest absolute Gasteiger partial charge is 0.468 e. The van der Waals surface area contributed by atoms with Crippen LogP contribution in [-0.4, -0.2) is 31.6 Å². The van der Waals surface area contributed by atoms with E-state index in [-0.39, 0.29) is 5.97 Å². The fraction of sp³-hybridized carbons (Fsp3) is 0.500. The van der Waals surface area contributed by atoms with E-state index in [1.165, 1.54) is 29.4 Å². The average Bonchev–Trinajstić information content (AvgIpc) is 2.23. The summed E-state index contributed by atoms with van der Waals surface area (Å²) in [6, 6.07) is 4.35. The maximum absolute atomic E-state index is 11.2. The van der Waals surface area contributed by atoms with Gasteiger partial charge in [-0.3, -0.25) is 9.69 Å². The first-order valence-electron chi connectivity index (χ1n) is 5.76. The van der Waals surface area contributed by atoms with E-state index < -0.39 is 0 Å². The van der Waals surface area contributed by atoms with E-state index in [9.17, 15) is 4.79 Å². The number of benzene rings is 1. The Morgan fingerprint density at radius 1 is 1.24 bits per heavy atom. The van der Waals surface area contributed by atoms with Crippen molar-refractivity contribution in [3.05, 3.63) is 34.4 Å². The minimum Gasteiger partial charge on any atom is -0.468 e. The first-order chi connectivity index (χ1) is 7.93. The van der Waals surface area contributed by atoms with Crippen LogP contribution in [0.15, 0.2) is 12.1 Å². The first kappa shape index (κ1) is 13.7. The zero-order valence-electron chi connectivity index (χ0n) is 11.3. The minimum absolute atomic E-state index is 0.199. The van der Waals surface area contributed by atoms with E-state index >= 15 is 0 Å². The lowest BCUT2D eigenvalue weighted by Crippen LogP contribution is -2.27. The third kappa shape index (κ3) is 3.86. The van der Waals surface area contributed by atoms with Crippen LogP contribution in [0.2, 0.25) is 0 Å². The molecule has 0 saturated carbocycles. The standard InChI is InChI=1S/C14H21NO2/c1-10-6-11(2)13(12(3)7-10)8-15(4)9-14(16)17-5/h6-7H,8-9H2,1-5H3. The SMILES string of the molecule is COC(=O)CN(C)Cc1c(C)cc(C)cc1C. The molecule has 3 nitrogen and oxygen atoms in total. The van der Waals surface area contributed by atoms with Crippen molar-refractivity contribution >= 4 is 5.97 Å². The number of carbonyl (C=O) groups is 1. The maximum Gasteiger partial charge on any atom is 0.319 e. The Morgan fingerprint density at radius 2 is 1.76 bits per heavy atom. The van der Waals surface area contributed by atoms with Gasteiger partial charge in [0.2, 0.25) is 0 Å². The molecule has 0 radical (unpaired) electrons. The highest BCUT2D eigenvalue weighted by molar-refractivity contribution is 5.71. The topological polar surface area (TPSA) is 29.5 Å². The number of hydrogen-bond acceptors (Lipinski definition) is 3. The summed E-state index contributed by atoms with van der Waals surface area (Å²) < 4.78 is 4.66. The van der Waals surface area contributed by atoms with Gasteiger partial charge in [0.25, 0.3) is 0 Å². The molecule has 0 atom stereocenters. The Hall–Kier alpha value is -1.35. The van der Waals surface area contributed by atoms with Crippen molar-refractivity contribution in [1.29, 1.82) is 0 Å². The second-order valence-corrected chi connectivity index (χ2v) is 4.63. The van der Waals surface area contributed by atoms with Gasteiger partial charge < -0.3 is 4.74 Å². The molecule has 0 N–H and O–H groups in total. The average molecular weight is 235 g/mol. The summed E-state index contributed by atoms with van der Waals surface area (Å²) in [5.41, 5.74) is 5.12. The van der Waals surface area contributed by atoms with Crippen molar-refractivity contribution in [3.8, 4) is 0 Å². The zero-order chi connectivity index (χ0) is 13.0. The molecule has 0 bridgehead atoms. The van der Waals surface area contributed by atoms with E-state index in [0.29, 0.717) is 6.54 Å². The summed E-state index contributed by atoms with van der Waals surface area (Å²) in [6.45, 7) is 7.42. The monoisotopic (exact) mass is 235 g/mol. The minimum atomic E-state index is -0.199. The lowest BCUT2D eigenvalue weighted by Gasteiger charge is -2.19. The Morgan fingerprint density at radius 3 is 2.24 bits per heavy atom. The van der Waals surface area contributed by atoms with Gasteiger partial charge in [-0.1, -0.05) is 17.7 Å². The fourth-order valence-corrected chi connectivity index (χ4v) is 2.07. The van der Waals surface area contributed by atoms with Crippen LogP contribution < -0.4 is 0 Å². The van der Waals surface area contributed by atoms with Gasteiger partial charge in [-0.2, -0.15) is 0 Å². The molecule has 0 aliphatic carbocycles. The molecule has 0 fully saturated rings. The molecular weight excluding hydrogens is 214 g/mol. The van der Waals surface area contributed by atoms with Gasteiger partial charge in [0, 0.05) is 6.54 Å². The smallest absolute Gasteiger partial charge is 0.319 e. The van der Waals surface area contributed by atoms with Gasteiger partial charge in [-0.05, 0) is 44.5 Å². The van der Waals surface area contributed by atoms with E-state index in [2.05, 4.69) is 37.6 Å². The fourth-order valence-electron chi connectivity index (χ4n) is 2.07. The van der Waals surface area contributed by atoms with Crippen molar-refractivity contribution in [1.82, 2.24) is 4.90 Å². The van der Waals surface area contributed by atoms with Gasteiger partial charge in [0.15, 0.2) is 0 Å². The maximum atomic E-state index is 11.2. The number of nitrogens with zero attached hydrogens (tertiary/aromatic N) is 1. The molecule has 0 aromatic heterocycles. The second kappa shape index (κ2) is 5.82. The zero-order valence-corrected chi connectivity index (χ0v) is 11.3. The summed E-state index contributed by atoms with van der Waals surface area (Å²) in [7, 11) is 3.34. The van der Waals surface area contributed by atoms with Gasteiger partial charge in [-0.25, -0.2) is 0 Å². The van der Waals surface area contributed by atoms with Crippen LogP contribution in [0.3, 0.4) is 0 Å². The molecule has 0 heterocycles. The Balaban J connectivity index is 2.78. The van der Waals surface area contributed by atoms with Crippen molar-refractivity contribution in [2.45, 2.75) is 27.3 Å². The molecule has 0 aliphatic heterocycles. The van der Waals surface area contributed by atoms with Crippen LogP contribution in [-0.2, 0) is 16.1 Å². The summed E-state index contributed by atoms with van der Waals surface area (Å²) >= 11 is 0. The van der Waals surface area contributed by atoms with Crippen LogP contribution in [0.25, 0.3) is 0 Å². The quantitative estimate of drug-likeness (QED) is 0.749. The Kier molecular flexibility index (Phi) is 4.70. The molecule has 0 spiro atoms. The number of aryl methyl sites for hydroxylation is 3. The van der Waals surface area contributed by atoms with Crippen molar-refractivity contribution < 1.29 is 9.53 Å². The van der Waals surface area contributed by atoms with Gasteiger partial charge in [0.1, 0.15) is 0 Å². The summed E-state index contributed by atoms with van der Waals surface area (Å²) in [5.74, 6) is -0.199. The molecule has 17 heavy (non-hydrogen) atoms. The molecule has 0 saturated heterocycles. The third-order valence-electron chi connectivity index (χ3n) is 2.90. The number of esters is 1. The van der Waals surface area contributed by atoms with Gasteiger partial charge in [0.05, 0.1) is 13.7 Å². The normalized spacial score (nSPS) is 10.7. The number of hydrogen-bond donors (Lipinski definition) is 0. The molecule has 1 aromatic rings. The molecule has 94 valence electrons. The summed E-state index contributed by atoms with van der Waals surface area (Å²) in [4.78, 5) is 13.1. The van der Waals surface area contributed by atoms with Gasteiger partial charge in [-0.15, -0.1) is 0 Å². The summed E-state index contributed by atoms with van der Waals surface area (Å²) in [5, 5.41) is 0. The predicted octanol–water partition coefficient (Wildman–Crippen LogP) is 2.22. The highest BCUT2D eigenvalue weighted by Crippen LogP contribution is 2.17. The van der Waals surface area contributed by atoms with E-state index in [1.54, 1.807) is 0 Å². The number of methoxy groups -OCH3 is 1. The van der Waals surface area contributed by atoms with E-state index in [4.69, 9.17) is 0 Å². The molecule has 0 unspecified atom stereocenters. The highest BCUT2D eigenvalue weighted by atomic mass is 16.5. The van der Waals surface area contributed by atoms with E-state index in [1.807, 2.05) is 11.9 Å². The predicted molar refractivity (Wildman–Crippen MR) is 69.0 cm³/mol. The van der Waals surface area contributed by atoms with Crippen LogP contribution in [0.4, 0.5) is 0 Å². The van der Waals surface area contributed by atoms with Crippen LogP contribution in [0.1, 0.15) is 22.3 Å². The first-order valence-corrected chi connectivity index (χ1v) is 5.76. The van der Waals surface area contributed by atoms with Crippen LogP contribution in [0.5, 0.6) is 0 Å². The molecule has 3 heteroatoms. The van der Waals surface area contributed by atoms with Crippen LogP contribution in [0, 0.1) is 20.8 Å².